The summed E-state index contributed by atoms with van der Waals surface area (Å²) < 4.78 is 24.4. The molecule has 20 heavy (non-hydrogen) atoms. The molecule has 1 aromatic rings. The molecule has 1 aliphatic heterocycles. The van der Waals surface area contributed by atoms with Gasteiger partial charge in [0.1, 0.15) is 5.28 Å². The van der Waals surface area contributed by atoms with Crippen molar-refractivity contribution in [3.05, 3.63) is 30.3 Å². The zero-order valence-corrected chi connectivity index (χ0v) is 13.4. The zero-order valence-electron chi connectivity index (χ0n) is 12.5. The molecule has 2 rings (SSSR count). The van der Waals surface area contributed by atoms with E-state index >= 15 is 0 Å². The predicted molar refractivity (Wildman–Crippen MR) is 82.3 cm³/mol. The Kier molecular flexibility index (Phi) is 4.90. The average molecular weight is 297 g/mol. The Bertz CT molecular complexity index is 469. The summed E-state index contributed by atoms with van der Waals surface area (Å²) in [4.78, 5) is 2.18. The summed E-state index contributed by atoms with van der Waals surface area (Å²) in [6, 6.07) is 10.1. The van der Waals surface area contributed by atoms with E-state index < -0.39 is 12.9 Å². The van der Waals surface area contributed by atoms with Crippen molar-refractivity contribution >= 4 is 13.3 Å². The second-order valence-electron chi connectivity index (χ2n) is 5.14. The van der Waals surface area contributed by atoms with E-state index in [2.05, 4.69) is 4.90 Å². The van der Waals surface area contributed by atoms with Crippen LogP contribution in [0.5, 0.6) is 0 Å². The minimum absolute atomic E-state index is 0.398. The van der Waals surface area contributed by atoms with E-state index in [1.807, 2.05) is 51.1 Å². The molecule has 0 bridgehead atoms. The largest absolute Gasteiger partial charge is 0.355 e. The molecule has 0 aliphatic carbocycles. The van der Waals surface area contributed by atoms with Crippen molar-refractivity contribution in [1.82, 2.24) is 0 Å². The van der Waals surface area contributed by atoms with Crippen LogP contribution in [0.15, 0.2) is 30.3 Å². The lowest BCUT2D eigenvalue weighted by Crippen LogP contribution is -2.42. The van der Waals surface area contributed by atoms with E-state index in [4.69, 9.17) is 9.05 Å². The van der Waals surface area contributed by atoms with Gasteiger partial charge in [-0.3, -0.25) is 4.57 Å². The van der Waals surface area contributed by atoms with Crippen molar-refractivity contribution in [2.24, 2.45) is 0 Å². The Hall–Kier alpha value is -0.830. The van der Waals surface area contributed by atoms with Crippen LogP contribution >= 0.6 is 7.60 Å². The van der Waals surface area contributed by atoms with E-state index in [-0.39, 0.29) is 0 Å². The molecule has 1 aliphatic rings. The molecule has 5 heteroatoms. The van der Waals surface area contributed by atoms with Crippen molar-refractivity contribution in [2.75, 3.05) is 24.7 Å². The molecule has 1 atom stereocenters. The molecule has 1 saturated heterocycles. The number of anilines is 1. The number of rotatable bonds is 6. The van der Waals surface area contributed by atoms with Gasteiger partial charge in [0.05, 0.1) is 13.2 Å². The van der Waals surface area contributed by atoms with Crippen LogP contribution in [-0.4, -0.2) is 25.0 Å². The molecule has 0 spiro atoms. The van der Waals surface area contributed by atoms with Crippen LogP contribution in [0.25, 0.3) is 0 Å². The van der Waals surface area contributed by atoms with E-state index in [9.17, 15) is 4.57 Å². The Morgan fingerprint density at radius 2 is 1.80 bits per heavy atom. The quantitative estimate of drug-likeness (QED) is 0.735. The normalized spacial score (nSPS) is 23.2. The molecule has 0 aromatic heterocycles. The first-order valence-corrected chi connectivity index (χ1v) is 8.83. The minimum atomic E-state index is -3.17. The highest BCUT2D eigenvalue weighted by molar-refractivity contribution is 7.55. The predicted octanol–water partition coefficient (Wildman–Crippen LogP) is 4.27. The van der Waals surface area contributed by atoms with Crippen LogP contribution in [0.1, 0.15) is 33.6 Å². The maximum absolute atomic E-state index is 13.2. The highest BCUT2D eigenvalue weighted by Gasteiger charge is 2.53. The van der Waals surface area contributed by atoms with Crippen molar-refractivity contribution in [2.45, 2.75) is 38.9 Å². The number of nitrogens with zero attached hydrogens (tertiary/aromatic N) is 1. The second-order valence-corrected chi connectivity index (χ2v) is 7.62. The van der Waals surface area contributed by atoms with Gasteiger partial charge in [0.2, 0.25) is 0 Å². The first-order chi connectivity index (χ1) is 9.57. The lowest BCUT2D eigenvalue weighted by atomic mass is 10.2. The Morgan fingerprint density at radius 1 is 1.20 bits per heavy atom. The van der Waals surface area contributed by atoms with Crippen LogP contribution in [0.4, 0.5) is 5.69 Å². The molecule has 1 fully saturated rings. The molecule has 0 amide bonds. The summed E-state index contributed by atoms with van der Waals surface area (Å²) in [6.45, 7) is 7.39. The molecule has 0 radical (unpaired) electrons. The lowest BCUT2D eigenvalue weighted by Gasteiger charge is -2.41. The first-order valence-electron chi connectivity index (χ1n) is 7.29. The van der Waals surface area contributed by atoms with Crippen molar-refractivity contribution in [3.8, 4) is 0 Å². The standard InChI is InChI=1S/C15H24NO3P/c1-4-18-20(17,19-5-2)15(3)12-9-13-16(15)14-10-7-6-8-11-14/h6-8,10-11H,4-5,9,12-13H2,1-3H3. The van der Waals surface area contributed by atoms with Crippen LogP contribution in [0, 0.1) is 0 Å². The lowest BCUT2D eigenvalue weighted by molar-refractivity contribution is 0.199. The molecule has 0 N–H and O–H groups in total. The first kappa shape index (κ1) is 15.6. The second kappa shape index (κ2) is 6.30. The third-order valence-electron chi connectivity index (χ3n) is 3.87. The average Bonchev–Trinajstić information content (AvgIpc) is 2.84. The molecule has 1 aromatic carbocycles. The van der Waals surface area contributed by atoms with Crippen molar-refractivity contribution in [3.63, 3.8) is 0 Å². The Balaban J connectivity index is 2.37. The third kappa shape index (κ3) is 2.65. The van der Waals surface area contributed by atoms with E-state index in [1.165, 1.54) is 0 Å². The van der Waals surface area contributed by atoms with Gasteiger partial charge in [-0.25, -0.2) is 0 Å². The van der Waals surface area contributed by atoms with Crippen LogP contribution in [0.3, 0.4) is 0 Å². The number of hydrogen-bond donors (Lipinski definition) is 0. The third-order valence-corrected chi connectivity index (χ3v) is 6.71. The maximum atomic E-state index is 13.2. The smallest absolute Gasteiger partial charge is 0.355 e. The Morgan fingerprint density at radius 3 is 2.35 bits per heavy atom. The molecular weight excluding hydrogens is 273 g/mol. The summed E-state index contributed by atoms with van der Waals surface area (Å²) in [5, 5.41) is -0.583. The highest BCUT2D eigenvalue weighted by atomic mass is 31.2. The van der Waals surface area contributed by atoms with Gasteiger partial charge >= 0.3 is 7.60 Å². The van der Waals surface area contributed by atoms with Gasteiger partial charge in [0, 0.05) is 12.2 Å². The van der Waals surface area contributed by atoms with Crippen LogP contribution < -0.4 is 4.90 Å². The monoisotopic (exact) mass is 297 g/mol. The van der Waals surface area contributed by atoms with Gasteiger partial charge in [-0.05, 0) is 45.7 Å². The highest BCUT2D eigenvalue weighted by Crippen LogP contribution is 2.65. The fourth-order valence-corrected chi connectivity index (χ4v) is 5.16. The number of hydrogen-bond acceptors (Lipinski definition) is 4. The van der Waals surface area contributed by atoms with E-state index in [0.29, 0.717) is 13.2 Å². The van der Waals surface area contributed by atoms with Crippen LogP contribution in [0.2, 0.25) is 0 Å². The summed E-state index contributed by atoms with van der Waals surface area (Å²) >= 11 is 0. The van der Waals surface area contributed by atoms with Gasteiger partial charge in [-0.1, -0.05) is 18.2 Å². The zero-order chi connectivity index (χ0) is 14.6. The van der Waals surface area contributed by atoms with Gasteiger partial charge in [-0.15, -0.1) is 0 Å². The molecule has 112 valence electrons. The van der Waals surface area contributed by atoms with Gasteiger partial charge in [-0.2, -0.15) is 0 Å². The summed E-state index contributed by atoms with van der Waals surface area (Å²) in [5.41, 5.74) is 1.08. The van der Waals surface area contributed by atoms with Gasteiger partial charge in [0.25, 0.3) is 0 Å². The summed E-state index contributed by atoms with van der Waals surface area (Å²) in [5.74, 6) is 0. The van der Waals surface area contributed by atoms with E-state index in [0.717, 1.165) is 25.1 Å². The van der Waals surface area contributed by atoms with Gasteiger partial charge < -0.3 is 13.9 Å². The number of benzene rings is 1. The van der Waals surface area contributed by atoms with E-state index in [1.54, 1.807) is 0 Å². The molecule has 1 heterocycles. The number of para-hydroxylation sites is 1. The fourth-order valence-electron chi connectivity index (χ4n) is 2.90. The molecule has 1 unspecified atom stereocenters. The van der Waals surface area contributed by atoms with Crippen LogP contribution in [-0.2, 0) is 13.6 Å². The SMILES string of the molecule is CCOP(=O)(OCC)C1(C)CCCN1c1ccccc1. The maximum Gasteiger partial charge on any atom is 0.355 e. The van der Waals surface area contributed by atoms with Crippen molar-refractivity contribution < 1.29 is 13.6 Å². The molecular formula is C15H24NO3P. The topological polar surface area (TPSA) is 38.8 Å². The Labute approximate surface area is 121 Å². The van der Waals surface area contributed by atoms with Crippen molar-refractivity contribution in [1.29, 1.82) is 0 Å². The fraction of sp³-hybridized carbons (Fsp3) is 0.600. The van der Waals surface area contributed by atoms with Gasteiger partial charge in [0.15, 0.2) is 0 Å². The minimum Gasteiger partial charge on any atom is -0.355 e. The summed E-state index contributed by atoms with van der Waals surface area (Å²) in [6.07, 6.45) is 1.81. The molecule has 4 nitrogen and oxygen atoms in total. The summed E-state index contributed by atoms with van der Waals surface area (Å²) in [7, 11) is -3.17. The molecule has 0 saturated carbocycles.